The fourth-order valence-electron chi connectivity index (χ4n) is 5.02. The van der Waals surface area contributed by atoms with Crippen molar-refractivity contribution in [3.8, 4) is 23.0 Å². The van der Waals surface area contributed by atoms with Crippen LogP contribution in [0.4, 0.5) is 0 Å². The van der Waals surface area contributed by atoms with Gasteiger partial charge < -0.3 is 29.0 Å². The quantitative estimate of drug-likeness (QED) is 0.210. The van der Waals surface area contributed by atoms with Gasteiger partial charge in [0.15, 0.2) is 11.5 Å². The zero-order valence-electron chi connectivity index (χ0n) is 24.5. The van der Waals surface area contributed by atoms with E-state index in [2.05, 4.69) is 4.98 Å². The van der Waals surface area contributed by atoms with Gasteiger partial charge in [-0.1, -0.05) is 26.8 Å². The van der Waals surface area contributed by atoms with Gasteiger partial charge in [-0.3, -0.25) is 14.6 Å². The van der Waals surface area contributed by atoms with Gasteiger partial charge in [0.1, 0.15) is 11.5 Å². The Balaban J connectivity index is 1.97. The average molecular weight is 561 g/mol. The van der Waals surface area contributed by atoms with Crippen LogP contribution in [-0.4, -0.2) is 54.6 Å². The lowest BCUT2D eigenvalue weighted by Gasteiger charge is -2.27. The third-order valence-corrected chi connectivity index (χ3v) is 6.96. The van der Waals surface area contributed by atoms with Crippen LogP contribution < -0.4 is 18.9 Å². The Labute approximate surface area is 240 Å². The molecule has 9 nitrogen and oxygen atoms in total. The van der Waals surface area contributed by atoms with Crippen molar-refractivity contribution in [2.45, 2.75) is 45.7 Å². The highest BCUT2D eigenvalue weighted by Crippen LogP contribution is 2.46. The number of hydrogen-bond acceptors (Lipinski definition) is 8. The Morgan fingerprint density at radius 2 is 1.63 bits per heavy atom. The Morgan fingerprint density at radius 1 is 0.951 bits per heavy atom. The molecule has 0 bridgehead atoms. The number of likely N-dealkylation sites (tertiary alicyclic amines) is 1. The van der Waals surface area contributed by atoms with Crippen LogP contribution in [0.25, 0.3) is 5.76 Å². The summed E-state index contributed by atoms with van der Waals surface area (Å²) in [6, 6.07) is 13.0. The summed E-state index contributed by atoms with van der Waals surface area (Å²) in [5, 5.41) is 11.7. The van der Waals surface area contributed by atoms with E-state index in [1.165, 1.54) is 26.2 Å². The van der Waals surface area contributed by atoms with Crippen LogP contribution in [0.3, 0.4) is 0 Å². The molecule has 216 valence electrons. The van der Waals surface area contributed by atoms with E-state index < -0.39 is 17.7 Å². The van der Waals surface area contributed by atoms with Crippen molar-refractivity contribution in [1.29, 1.82) is 0 Å². The fraction of sp³-hybridized carbons (Fsp3) is 0.344. The summed E-state index contributed by atoms with van der Waals surface area (Å²) >= 11 is 0. The van der Waals surface area contributed by atoms with Crippen molar-refractivity contribution in [2.75, 3.05) is 27.9 Å². The topological polar surface area (TPSA) is 107 Å². The molecule has 1 saturated heterocycles. The van der Waals surface area contributed by atoms with Crippen LogP contribution in [0, 0.1) is 0 Å². The Bertz CT molecular complexity index is 1450. The van der Waals surface area contributed by atoms with Crippen molar-refractivity contribution >= 4 is 17.4 Å². The van der Waals surface area contributed by atoms with E-state index in [1.54, 1.807) is 54.7 Å². The second-order valence-electron chi connectivity index (χ2n) is 10.6. The number of methoxy groups -OCH3 is 3. The van der Waals surface area contributed by atoms with E-state index >= 15 is 0 Å². The van der Waals surface area contributed by atoms with E-state index in [0.29, 0.717) is 46.4 Å². The van der Waals surface area contributed by atoms with E-state index in [9.17, 15) is 14.7 Å². The number of amides is 1. The Hall–Kier alpha value is -4.53. The van der Waals surface area contributed by atoms with Crippen molar-refractivity contribution in [2.24, 2.45) is 0 Å². The van der Waals surface area contributed by atoms with Crippen molar-refractivity contribution in [1.82, 2.24) is 9.88 Å². The number of aliphatic hydroxyl groups is 1. The van der Waals surface area contributed by atoms with Gasteiger partial charge in [0, 0.05) is 17.3 Å². The molecule has 0 saturated carbocycles. The van der Waals surface area contributed by atoms with Gasteiger partial charge in [-0.05, 0) is 60.4 Å². The number of Topliss-reactive ketones (excluding diaryl/α,β-unsaturated/α-hetero) is 1. The smallest absolute Gasteiger partial charge is 0.296 e. The van der Waals surface area contributed by atoms with Crippen LogP contribution in [0.15, 0.2) is 60.3 Å². The number of rotatable bonds is 9. The largest absolute Gasteiger partial charge is 0.507 e. The third kappa shape index (κ3) is 5.70. The number of pyridine rings is 1. The van der Waals surface area contributed by atoms with Gasteiger partial charge in [-0.2, -0.15) is 0 Å². The SMILES string of the molecule is CCOc1ccc(/C(O)=C2\C(=O)C(=O)N(Cc3ccccn3)C2c2cc(OC)c(OC)c(OC)c2)cc1C(C)(C)C. The minimum atomic E-state index is -0.963. The summed E-state index contributed by atoms with van der Waals surface area (Å²) in [5.74, 6) is -0.0988. The predicted molar refractivity (Wildman–Crippen MR) is 154 cm³/mol. The van der Waals surface area contributed by atoms with Gasteiger partial charge >= 0.3 is 0 Å². The highest BCUT2D eigenvalue weighted by molar-refractivity contribution is 6.46. The number of nitrogens with zero attached hydrogens (tertiary/aromatic N) is 2. The normalized spacial score (nSPS) is 16.6. The number of carbonyl (C=O) groups excluding carboxylic acids is 2. The summed E-state index contributed by atoms with van der Waals surface area (Å²) in [6.45, 7) is 8.54. The lowest BCUT2D eigenvalue weighted by Crippen LogP contribution is -2.29. The third-order valence-electron chi connectivity index (χ3n) is 6.96. The molecule has 1 N–H and O–H groups in total. The first-order valence-corrected chi connectivity index (χ1v) is 13.3. The van der Waals surface area contributed by atoms with Crippen LogP contribution in [0.1, 0.15) is 56.1 Å². The van der Waals surface area contributed by atoms with Crippen LogP contribution >= 0.6 is 0 Å². The molecule has 41 heavy (non-hydrogen) atoms. The first-order chi connectivity index (χ1) is 19.5. The number of ether oxygens (including phenoxy) is 4. The first-order valence-electron chi connectivity index (χ1n) is 13.3. The van der Waals surface area contributed by atoms with Gasteiger partial charge in [0.05, 0.1) is 51.8 Å². The molecule has 3 aromatic rings. The Kier molecular flexibility index (Phi) is 8.56. The number of ketones is 1. The fourth-order valence-corrected chi connectivity index (χ4v) is 5.02. The standard InChI is InChI=1S/C32H36N2O7/c1-8-41-23-13-12-19(15-22(23)32(2,3)4)28(35)26-27(20-16-24(38-5)30(40-7)25(17-20)39-6)34(31(37)29(26)36)18-21-11-9-10-14-33-21/h9-17,27,35H,8,18H2,1-7H3/b28-26+. The first kappa shape index (κ1) is 29.5. The van der Waals surface area contributed by atoms with Gasteiger partial charge in [-0.25, -0.2) is 0 Å². The molecule has 0 aliphatic carbocycles. The van der Waals surface area contributed by atoms with Gasteiger partial charge in [-0.15, -0.1) is 0 Å². The summed E-state index contributed by atoms with van der Waals surface area (Å²) < 4.78 is 22.4. The molecule has 1 atom stereocenters. The molecule has 1 aliphatic heterocycles. The molecule has 1 aliphatic rings. The number of hydrogen-bond donors (Lipinski definition) is 1. The van der Waals surface area contributed by atoms with Crippen LogP contribution in [-0.2, 0) is 21.5 Å². The van der Waals surface area contributed by atoms with Gasteiger partial charge in [0.25, 0.3) is 11.7 Å². The van der Waals surface area contributed by atoms with Crippen molar-refractivity contribution in [3.05, 3.63) is 82.7 Å². The van der Waals surface area contributed by atoms with Gasteiger partial charge in [0.2, 0.25) is 5.75 Å². The average Bonchev–Trinajstić information content (AvgIpc) is 3.21. The summed E-state index contributed by atoms with van der Waals surface area (Å²) in [6.07, 6.45) is 1.62. The summed E-state index contributed by atoms with van der Waals surface area (Å²) in [4.78, 5) is 32.9. The maximum Gasteiger partial charge on any atom is 0.296 e. The molecular formula is C32H36N2O7. The summed E-state index contributed by atoms with van der Waals surface area (Å²) in [7, 11) is 4.46. The molecule has 9 heteroatoms. The zero-order chi connectivity index (χ0) is 29.9. The van der Waals surface area contributed by atoms with E-state index in [4.69, 9.17) is 18.9 Å². The molecule has 2 heterocycles. The Morgan fingerprint density at radius 3 is 2.17 bits per heavy atom. The number of aliphatic hydroxyl groups excluding tert-OH is 1. The van der Waals surface area contributed by atoms with Crippen molar-refractivity contribution in [3.63, 3.8) is 0 Å². The number of carbonyl (C=O) groups is 2. The van der Waals surface area contributed by atoms with E-state index in [1.807, 2.05) is 27.7 Å². The number of aromatic nitrogens is 1. The van der Waals surface area contributed by atoms with E-state index in [0.717, 1.165) is 5.56 Å². The molecular weight excluding hydrogens is 524 g/mol. The molecule has 1 aromatic heterocycles. The molecule has 4 rings (SSSR count). The highest BCUT2D eigenvalue weighted by atomic mass is 16.5. The molecule has 1 fully saturated rings. The van der Waals surface area contributed by atoms with E-state index in [-0.39, 0.29) is 23.3 Å². The molecule has 2 aromatic carbocycles. The van der Waals surface area contributed by atoms with Crippen LogP contribution in [0.2, 0.25) is 0 Å². The van der Waals surface area contributed by atoms with Crippen molar-refractivity contribution < 1.29 is 33.6 Å². The molecule has 1 amide bonds. The predicted octanol–water partition coefficient (Wildman–Crippen LogP) is 5.43. The summed E-state index contributed by atoms with van der Waals surface area (Å²) in [5.41, 5.74) is 1.97. The minimum absolute atomic E-state index is 0.0417. The minimum Gasteiger partial charge on any atom is -0.507 e. The molecule has 0 spiro atoms. The monoisotopic (exact) mass is 560 g/mol. The number of benzene rings is 2. The maximum absolute atomic E-state index is 13.6. The zero-order valence-corrected chi connectivity index (χ0v) is 24.5. The second kappa shape index (κ2) is 11.9. The highest BCUT2D eigenvalue weighted by Gasteiger charge is 2.47. The lowest BCUT2D eigenvalue weighted by molar-refractivity contribution is -0.140. The second-order valence-corrected chi connectivity index (χ2v) is 10.6. The van der Waals surface area contributed by atoms with Crippen LogP contribution in [0.5, 0.6) is 23.0 Å². The molecule has 0 radical (unpaired) electrons. The maximum atomic E-state index is 13.6. The molecule has 1 unspecified atom stereocenters. The lowest BCUT2D eigenvalue weighted by atomic mass is 9.84.